The summed E-state index contributed by atoms with van der Waals surface area (Å²) in [6, 6.07) is 0. The lowest BCUT2D eigenvalue weighted by molar-refractivity contribution is -0.124. The molecule has 1 N–H and O–H groups in total. The summed E-state index contributed by atoms with van der Waals surface area (Å²) in [7, 11) is 0. The Labute approximate surface area is 46.6 Å². The van der Waals surface area contributed by atoms with Gasteiger partial charge in [0.1, 0.15) is 0 Å². The van der Waals surface area contributed by atoms with Gasteiger partial charge >= 0.3 is 0 Å². The zero-order chi connectivity index (χ0) is 5.70. The Morgan fingerprint density at radius 2 is 2.43 bits per heavy atom. The van der Waals surface area contributed by atoms with Gasteiger partial charge in [-0.3, -0.25) is 4.79 Å². The highest BCUT2D eigenvalue weighted by molar-refractivity contribution is 7.93. The Balaban J connectivity index is 2.82. The molecular formula is C3H7NO2S. The lowest BCUT2D eigenvalue weighted by Crippen LogP contribution is -2.15. The highest BCUT2D eigenvalue weighted by Crippen LogP contribution is 1.86. The Morgan fingerprint density at radius 1 is 1.86 bits per heavy atom. The van der Waals surface area contributed by atoms with Gasteiger partial charge in [-0.2, -0.15) is 0 Å². The molecule has 0 rings (SSSR count). The van der Waals surface area contributed by atoms with E-state index in [1.807, 2.05) is 0 Å². The van der Waals surface area contributed by atoms with E-state index >= 15 is 0 Å². The van der Waals surface area contributed by atoms with E-state index in [1.54, 1.807) is 6.26 Å². The predicted molar refractivity (Wildman–Crippen MR) is 28.4 cm³/mol. The zero-order valence-electron chi connectivity index (χ0n) is 4.22. The first kappa shape index (κ1) is 6.78. The molecule has 0 fully saturated rings. The van der Waals surface area contributed by atoms with Crippen LogP contribution in [-0.4, -0.2) is 12.2 Å². The van der Waals surface area contributed by atoms with E-state index in [9.17, 15) is 4.79 Å². The van der Waals surface area contributed by atoms with E-state index in [2.05, 4.69) is 9.76 Å². The summed E-state index contributed by atoms with van der Waals surface area (Å²) in [5.74, 6) is -0.186. The molecule has 42 valence electrons. The molecule has 0 aliphatic carbocycles. The summed E-state index contributed by atoms with van der Waals surface area (Å²) in [6.07, 6.45) is 1.72. The summed E-state index contributed by atoms with van der Waals surface area (Å²) in [5.41, 5.74) is 2.12. The number of rotatable bonds is 2. The van der Waals surface area contributed by atoms with Crippen LogP contribution in [0.1, 0.15) is 6.92 Å². The quantitative estimate of drug-likeness (QED) is 0.422. The summed E-state index contributed by atoms with van der Waals surface area (Å²) in [4.78, 5) is 9.95. The maximum atomic E-state index is 9.95. The third-order valence-electron chi connectivity index (χ3n) is 0.269. The largest absolute Gasteiger partial charge is 0.273 e. The fourth-order valence-corrected chi connectivity index (χ4v) is 0.301. The second kappa shape index (κ2) is 3.95. The fraction of sp³-hybridized carbons (Fsp3) is 0.667. The molecule has 7 heavy (non-hydrogen) atoms. The van der Waals surface area contributed by atoms with E-state index < -0.39 is 0 Å². The van der Waals surface area contributed by atoms with Gasteiger partial charge < -0.3 is 0 Å². The van der Waals surface area contributed by atoms with Crippen molar-refractivity contribution >= 4 is 17.9 Å². The molecule has 0 aromatic rings. The van der Waals surface area contributed by atoms with Crippen molar-refractivity contribution in [2.24, 2.45) is 0 Å². The van der Waals surface area contributed by atoms with Crippen LogP contribution < -0.4 is 5.48 Å². The van der Waals surface area contributed by atoms with Crippen LogP contribution in [0.2, 0.25) is 0 Å². The van der Waals surface area contributed by atoms with Gasteiger partial charge in [0.05, 0.1) is 0 Å². The summed E-state index contributed by atoms with van der Waals surface area (Å²) in [5, 5.41) is 0. The SMILES string of the molecule is CSONC(C)=O. The summed E-state index contributed by atoms with van der Waals surface area (Å²) in [6.45, 7) is 1.39. The van der Waals surface area contributed by atoms with Crippen molar-refractivity contribution in [2.45, 2.75) is 6.92 Å². The number of carbonyl (C=O) groups is 1. The molecule has 0 saturated heterocycles. The van der Waals surface area contributed by atoms with Gasteiger partial charge in [0.2, 0.25) is 5.91 Å². The third kappa shape index (κ3) is 5.78. The second-order valence-electron chi connectivity index (χ2n) is 0.908. The van der Waals surface area contributed by atoms with Crippen molar-refractivity contribution in [1.29, 1.82) is 0 Å². The van der Waals surface area contributed by atoms with Gasteiger partial charge in [-0.25, -0.2) is 9.76 Å². The first-order valence-electron chi connectivity index (χ1n) is 1.73. The highest BCUT2D eigenvalue weighted by Gasteiger charge is 1.83. The molecule has 0 aliphatic rings. The minimum atomic E-state index is -0.186. The molecule has 0 heterocycles. The number of hydrogen-bond acceptors (Lipinski definition) is 3. The van der Waals surface area contributed by atoms with Crippen molar-refractivity contribution in [3.63, 3.8) is 0 Å². The molecule has 0 aromatic heterocycles. The smallest absolute Gasteiger partial charge is 0.241 e. The van der Waals surface area contributed by atoms with Gasteiger partial charge in [0.25, 0.3) is 0 Å². The van der Waals surface area contributed by atoms with Crippen molar-refractivity contribution in [3.8, 4) is 0 Å². The molecule has 0 bridgehead atoms. The lowest BCUT2D eigenvalue weighted by Gasteiger charge is -1.93. The Morgan fingerprint density at radius 3 is 2.57 bits per heavy atom. The van der Waals surface area contributed by atoms with Crippen LogP contribution in [0.3, 0.4) is 0 Å². The molecule has 0 atom stereocenters. The Bertz CT molecular complexity index is 66.0. The first-order chi connectivity index (χ1) is 3.27. The maximum absolute atomic E-state index is 9.95. The fourth-order valence-electron chi connectivity index (χ4n) is 0.100. The highest BCUT2D eigenvalue weighted by atomic mass is 32.2. The molecule has 0 saturated carbocycles. The standard InChI is InChI=1S/C3H7NO2S/c1-3(5)4-6-7-2/h1-2H3,(H,4,5). The van der Waals surface area contributed by atoms with Crippen molar-refractivity contribution in [2.75, 3.05) is 6.26 Å². The molecule has 0 radical (unpaired) electrons. The van der Waals surface area contributed by atoms with Crippen LogP contribution in [0.15, 0.2) is 0 Å². The lowest BCUT2D eigenvalue weighted by atomic mass is 10.8. The normalized spacial score (nSPS) is 8.29. The van der Waals surface area contributed by atoms with Gasteiger partial charge in [-0.05, 0) is 0 Å². The van der Waals surface area contributed by atoms with Crippen LogP contribution in [0.5, 0.6) is 0 Å². The zero-order valence-corrected chi connectivity index (χ0v) is 5.04. The van der Waals surface area contributed by atoms with Gasteiger partial charge in [-0.1, -0.05) is 0 Å². The van der Waals surface area contributed by atoms with Gasteiger partial charge in [0.15, 0.2) is 0 Å². The summed E-state index contributed by atoms with van der Waals surface area (Å²) < 4.78 is 4.41. The average Bonchev–Trinajstić information content (AvgIpc) is 1.61. The molecule has 1 amide bonds. The maximum Gasteiger partial charge on any atom is 0.241 e. The summed E-state index contributed by atoms with van der Waals surface area (Å²) >= 11 is 1.10. The van der Waals surface area contributed by atoms with Crippen molar-refractivity contribution in [1.82, 2.24) is 5.48 Å². The van der Waals surface area contributed by atoms with E-state index in [0.29, 0.717) is 0 Å². The van der Waals surface area contributed by atoms with Gasteiger partial charge in [0, 0.05) is 25.2 Å². The monoisotopic (exact) mass is 121 g/mol. The van der Waals surface area contributed by atoms with Crippen molar-refractivity contribution in [3.05, 3.63) is 0 Å². The van der Waals surface area contributed by atoms with E-state index in [-0.39, 0.29) is 5.91 Å². The Kier molecular flexibility index (Phi) is 3.83. The van der Waals surface area contributed by atoms with Crippen LogP contribution in [-0.2, 0) is 9.08 Å². The number of amides is 1. The first-order valence-corrected chi connectivity index (χ1v) is 2.88. The van der Waals surface area contributed by atoms with E-state index in [0.717, 1.165) is 12.0 Å². The van der Waals surface area contributed by atoms with Crippen LogP contribution in [0.25, 0.3) is 0 Å². The van der Waals surface area contributed by atoms with Crippen LogP contribution >= 0.6 is 12.0 Å². The molecule has 0 aromatic carbocycles. The minimum Gasteiger partial charge on any atom is -0.273 e. The number of hydroxylamine groups is 1. The predicted octanol–water partition coefficient (Wildman–Crippen LogP) is 0.332. The van der Waals surface area contributed by atoms with Gasteiger partial charge in [-0.15, -0.1) is 0 Å². The second-order valence-corrected chi connectivity index (χ2v) is 1.41. The Hall–Kier alpha value is -0.220. The average molecular weight is 121 g/mol. The van der Waals surface area contributed by atoms with E-state index in [1.165, 1.54) is 6.92 Å². The van der Waals surface area contributed by atoms with Crippen LogP contribution in [0.4, 0.5) is 0 Å². The molecule has 0 unspecified atom stereocenters. The molecule has 4 heteroatoms. The molecule has 3 nitrogen and oxygen atoms in total. The van der Waals surface area contributed by atoms with Crippen LogP contribution in [0, 0.1) is 0 Å². The molecule has 0 aliphatic heterocycles. The third-order valence-corrected chi connectivity index (χ3v) is 0.519. The van der Waals surface area contributed by atoms with E-state index in [4.69, 9.17) is 0 Å². The van der Waals surface area contributed by atoms with Crippen molar-refractivity contribution < 1.29 is 9.08 Å². The topological polar surface area (TPSA) is 38.3 Å². The molecular weight excluding hydrogens is 114 g/mol. The number of hydrogen-bond donors (Lipinski definition) is 1. The number of carbonyl (C=O) groups excluding carboxylic acids is 1. The molecule has 0 spiro atoms. The minimum absolute atomic E-state index is 0.186. The number of nitrogens with one attached hydrogen (secondary N) is 1.